The Labute approximate surface area is 142 Å². The number of ether oxygens (including phenoxy) is 1. The first kappa shape index (κ1) is 18.0. The van der Waals surface area contributed by atoms with Gasteiger partial charge in [0.05, 0.1) is 6.61 Å². The van der Waals surface area contributed by atoms with Crippen molar-refractivity contribution in [2.45, 2.75) is 52.0 Å². The van der Waals surface area contributed by atoms with Gasteiger partial charge in [-0.15, -0.1) is 0 Å². The molecule has 24 heavy (non-hydrogen) atoms. The second-order valence-corrected chi connectivity index (χ2v) is 5.89. The zero-order chi connectivity index (χ0) is 17.4. The predicted octanol–water partition coefficient (Wildman–Crippen LogP) is 3.34. The maximum absolute atomic E-state index is 12.2. The van der Waals surface area contributed by atoms with Crippen LogP contribution >= 0.6 is 0 Å². The van der Waals surface area contributed by atoms with Crippen LogP contribution in [0.25, 0.3) is 10.9 Å². The molecule has 5 heteroatoms. The Hall–Kier alpha value is -2.30. The first-order valence-electron chi connectivity index (χ1n) is 8.66. The summed E-state index contributed by atoms with van der Waals surface area (Å²) in [7, 11) is 0. The molecule has 0 aliphatic heterocycles. The Bertz CT molecular complexity index is 678. The van der Waals surface area contributed by atoms with E-state index in [2.05, 4.69) is 17.2 Å². The van der Waals surface area contributed by atoms with E-state index in [-0.39, 0.29) is 11.9 Å². The molecule has 0 aliphatic carbocycles. The predicted molar refractivity (Wildman–Crippen MR) is 94.7 cm³/mol. The quantitative estimate of drug-likeness (QED) is 0.547. The summed E-state index contributed by atoms with van der Waals surface area (Å²) in [5, 5.41) is 3.90. The van der Waals surface area contributed by atoms with Crippen molar-refractivity contribution in [3.05, 3.63) is 36.0 Å². The van der Waals surface area contributed by atoms with Gasteiger partial charge in [0.1, 0.15) is 6.04 Å². The van der Waals surface area contributed by atoms with Crippen molar-refractivity contribution in [3.63, 3.8) is 0 Å². The Morgan fingerprint density at radius 3 is 2.75 bits per heavy atom. The van der Waals surface area contributed by atoms with Crippen molar-refractivity contribution < 1.29 is 14.3 Å². The Balaban J connectivity index is 2.08. The van der Waals surface area contributed by atoms with Crippen molar-refractivity contribution in [2.24, 2.45) is 0 Å². The molecule has 0 spiro atoms. The number of hydrogen-bond donors (Lipinski definition) is 2. The highest BCUT2D eigenvalue weighted by Gasteiger charge is 2.23. The lowest BCUT2D eigenvalue weighted by Crippen LogP contribution is -2.43. The lowest BCUT2D eigenvalue weighted by atomic mass is 10.0. The molecule has 1 heterocycles. The number of carbonyl (C=O) groups excluding carboxylic acids is 2. The third-order valence-corrected chi connectivity index (χ3v) is 4.01. The fourth-order valence-corrected chi connectivity index (χ4v) is 2.76. The number of hydrogen-bond acceptors (Lipinski definition) is 3. The number of fused-ring (bicyclic) bond motifs is 1. The number of esters is 1. The van der Waals surface area contributed by atoms with Crippen LogP contribution in [0.3, 0.4) is 0 Å². The van der Waals surface area contributed by atoms with Gasteiger partial charge in [0, 0.05) is 29.9 Å². The molecule has 1 unspecified atom stereocenters. The van der Waals surface area contributed by atoms with Crippen LogP contribution in [0.1, 0.15) is 45.1 Å². The standard InChI is InChI=1S/C19H26N2O3/c1-3-5-6-11-18(22)21-17(19(23)24-4-2)12-14-13-20-16-10-8-7-9-15(14)16/h7-10,13,17,20H,3-6,11-12H2,1-2H3,(H,21,22). The van der Waals surface area contributed by atoms with Crippen molar-refractivity contribution in [1.29, 1.82) is 0 Å². The largest absolute Gasteiger partial charge is 0.464 e. The third kappa shape index (κ3) is 4.85. The lowest BCUT2D eigenvalue weighted by Gasteiger charge is -2.17. The number of aromatic nitrogens is 1. The average Bonchev–Trinajstić information content (AvgIpc) is 2.98. The summed E-state index contributed by atoms with van der Waals surface area (Å²) in [5.74, 6) is -0.479. The van der Waals surface area contributed by atoms with Crippen molar-refractivity contribution in [3.8, 4) is 0 Å². The molecule has 0 saturated heterocycles. The van der Waals surface area contributed by atoms with Gasteiger partial charge in [-0.05, 0) is 25.0 Å². The molecule has 5 nitrogen and oxygen atoms in total. The molecule has 130 valence electrons. The fourth-order valence-electron chi connectivity index (χ4n) is 2.76. The van der Waals surface area contributed by atoms with E-state index in [9.17, 15) is 9.59 Å². The molecule has 2 N–H and O–H groups in total. The highest BCUT2D eigenvalue weighted by Crippen LogP contribution is 2.19. The number of rotatable bonds is 9. The van der Waals surface area contributed by atoms with E-state index in [1.54, 1.807) is 6.92 Å². The summed E-state index contributed by atoms with van der Waals surface area (Å²) in [6, 6.07) is 7.26. The van der Waals surface area contributed by atoms with Crippen molar-refractivity contribution in [2.75, 3.05) is 6.61 Å². The van der Waals surface area contributed by atoms with Gasteiger partial charge >= 0.3 is 5.97 Å². The first-order chi connectivity index (χ1) is 11.7. The zero-order valence-corrected chi connectivity index (χ0v) is 14.4. The molecule has 1 aromatic carbocycles. The molecule has 0 bridgehead atoms. The van der Waals surface area contributed by atoms with Gasteiger partial charge in [-0.2, -0.15) is 0 Å². The molecule has 0 saturated carbocycles. The average molecular weight is 330 g/mol. The van der Waals surface area contributed by atoms with Crippen LogP contribution in [0.5, 0.6) is 0 Å². The Morgan fingerprint density at radius 1 is 1.21 bits per heavy atom. The van der Waals surface area contributed by atoms with E-state index in [0.29, 0.717) is 19.4 Å². The van der Waals surface area contributed by atoms with Crippen LogP contribution < -0.4 is 5.32 Å². The normalized spacial score (nSPS) is 12.1. The molecule has 0 fully saturated rings. The van der Waals surface area contributed by atoms with Crippen LogP contribution in [0, 0.1) is 0 Å². The second-order valence-electron chi connectivity index (χ2n) is 5.89. The zero-order valence-electron chi connectivity index (χ0n) is 14.4. The molecule has 2 aromatic rings. The van der Waals surface area contributed by atoms with E-state index in [0.717, 1.165) is 35.7 Å². The number of carbonyl (C=O) groups is 2. The molecule has 0 aliphatic rings. The van der Waals surface area contributed by atoms with Gasteiger partial charge in [0.15, 0.2) is 0 Å². The minimum atomic E-state index is -0.654. The number of benzene rings is 1. The number of para-hydroxylation sites is 1. The first-order valence-corrected chi connectivity index (χ1v) is 8.66. The van der Waals surface area contributed by atoms with Gasteiger partial charge in [-0.25, -0.2) is 4.79 Å². The number of nitrogens with one attached hydrogen (secondary N) is 2. The van der Waals surface area contributed by atoms with E-state index in [4.69, 9.17) is 4.74 Å². The van der Waals surface area contributed by atoms with Crippen LogP contribution in [0.15, 0.2) is 30.5 Å². The number of amides is 1. The summed E-state index contributed by atoms with van der Waals surface area (Å²) < 4.78 is 5.13. The van der Waals surface area contributed by atoms with Gasteiger partial charge < -0.3 is 15.0 Å². The van der Waals surface area contributed by atoms with E-state index >= 15 is 0 Å². The van der Waals surface area contributed by atoms with E-state index in [1.807, 2.05) is 30.5 Å². The summed E-state index contributed by atoms with van der Waals surface area (Å²) in [4.78, 5) is 27.5. The van der Waals surface area contributed by atoms with E-state index < -0.39 is 6.04 Å². The highest BCUT2D eigenvalue weighted by molar-refractivity contribution is 5.87. The molecule has 1 aromatic heterocycles. The fraction of sp³-hybridized carbons (Fsp3) is 0.474. The van der Waals surface area contributed by atoms with Crippen LogP contribution in [-0.4, -0.2) is 29.5 Å². The molecular formula is C19H26N2O3. The Morgan fingerprint density at radius 2 is 2.00 bits per heavy atom. The monoisotopic (exact) mass is 330 g/mol. The minimum absolute atomic E-state index is 0.0960. The summed E-state index contributed by atoms with van der Waals surface area (Å²) in [6.07, 6.45) is 5.66. The Kier molecular flexibility index (Phi) is 6.85. The number of H-pyrrole nitrogens is 1. The molecular weight excluding hydrogens is 304 g/mol. The van der Waals surface area contributed by atoms with Gasteiger partial charge in [0.25, 0.3) is 0 Å². The van der Waals surface area contributed by atoms with Gasteiger partial charge in [-0.3, -0.25) is 4.79 Å². The van der Waals surface area contributed by atoms with Crippen LogP contribution in [-0.2, 0) is 20.7 Å². The molecule has 1 amide bonds. The molecule has 0 radical (unpaired) electrons. The SMILES string of the molecule is CCCCCC(=O)NC(Cc1c[nH]c2ccccc12)C(=O)OCC. The van der Waals surface area contributed by atoms with Crippen LogP contribution in [0.4, 0.5) is 0 Å². The summed E-state index contributed by atoms with van der Waals surface area (Å²) in [6.45, 7) is 4.16. The summed E-state index contributed by atoms with van der Waals surface area (Å²) >= 11 is 0. The maximum atomic E-state index is 12.2. The number of aromatic amines is 1. The lowest BCUT2D eigenvalue weighted by molar-refractivity contribution is -0.147. The topological polar surface area (TPSA) is 71.2 Å². The van der Waals surface area contributed by atoms with Crippen molar-refractivity contribution >= 4 is 22.8 Å². The van der Waals surface area contributed by atoms with Gasteiger partial charge in [-0.1, -0.05) is 38.0 Å². The van der Waals surface area contributed by atoms with Gasteiger partial charge in [0.2, 0.25) is 5.91 Å². The highest BCUT2D eigenvalue weighted by atomic mass is 16.5. The maximum Gasteiger partial charge on any atom is 0.328 e. The number of unbranched alkanes of at least 4 members (excludes halogenated alkanes) is 2. The van der Waals surface area contributed by atoms with Crippen LogP contribution in [0.2, 0.25) is 0 Å². The molecule has 1 atom stereocenters. The van der Waals surface area contributed by atoms with Crippen molar-refractivity contribution in [1.82, 2.24) is 10.3 Å². The third-order valence-electron chi connectivity index (χ3n) is 4.01. The minimum Gasteiger partial charge on any atom is -0.464 e. The second kappa shape index (κ2) is 9.11. The summed E-state index contributed by atoms with van der Waals surface area (Å²) in [5.41, 5.74) is 2.02. The molecule has 2 rings (SSSR count). The smallest absolute Gasteiger partial charge is 0.328 e. The van der Waals surface area contributed by atoms with E-state index in [1.165, 1.54) is 0 Å².